The monoisotopic (exact) mass is 681 g/mol. The second-order valence-corrected chi connectivity index (χ2v) is 12.9. The largest absolute Gasteiger partial charge is 0.497 e. The average molecular weight is 682 g/mol. The quantitative estimate of drug-likeness (QED) is 0.106. The van der Waals surface area contributed by atoms with Gasteiger partial charge in [0.25, 0.3) is 11.1 Å². The third-order valence-electron chi connectivity index (χ3n) is 8.94. The van der Waals surface area contributed by atoms with Gasteiger partial charge in [0.1, 0.15) is 23.2 Å². The van der Waals surface area contributed by atoms with E-state index in [4.69, 9.17) is 14.2 Å². The Labute approximate surface area is 286 Å². The first-order valence-corrected chi connectivity index (χ1v) is 16.5. The van der Waals surface area contributed by atoms with Crippen LogP contribution < -0.4 is 16.0 Å². The van der Waals surface area contributed by atoms with Crippen molar-refractivity contribution in [3.63, 3.8) is 0 Å². The zero-order valence-corrected chi connectivity index (χ0v) is 27.6. The Bertz CT molecular complexity index is 1970. The van der Waals surface area contributed by atoms with Gasteiger partial charge in [0.05, 0.1) is 13.7 Å². The molecule has 5 aromatic rings. The second-order valence-electron chi connectivity index (χ2n) is 11.7. The summed E-state index contributed by atoms with van der Waals surface area (Å²) in [4.78, 5) is 41.2. The van der Waals surface area contributed by atoms with Gasteiger partial charge in [-0.15, -0.1) is 11.8 Å². The molecule has 4 atom stereocenters. The fraction of sp³-hybridized carbons (Fsp3) is 0.243. The van der Waals surface area contributed by atoms with E-state index in [1.54, 1.807) is 31.4 Å². The molecule has 49 heavy (non-hydrogen) atoms. The van der Waals surface area contributed by atoms with Gasteiger partial charge in [-0.25, -0.2) is 4.79 Å². The van der Waals surface area contributed by atoms with E-state index in [-0.39, 0.29) is 12.2 Å². The second kappa shape index (κ2) is 14.2. The van der Waals surface area contributed by atoms with Gasteiger partial charge in [0.15, 0.2) is 12.3 Å². The smallest absolute Gasteiger partial charge is 0.330 e. The molecule has 252 valence electrons. The Hall–Kier alpha value is -5.01. The molecule has 0 spiro atoms. The van der Waals surface area contributed by atoms with Crippen molar-refractivity contribution in [2.24, 2.45) is 0 Å². The lowest BCUT2D eigenvalue weighted by molar-refractivity contribution is -0.578. The average Bonchev–Trinajstić information content (AvgIpc) is 3.45. The fourth-order valence-electron chi connectivity index (χ4n) is 6.36. The van der Waals surface area contributed by atoms with E-state index >= 15 is 0 Å². The van der Waals surface area contributed by atoms with E-state index in [1.165, 1.54) is 13.1 Å². The molecule has 0 unspecified atom stereocenters. The summed E-state index contributed by atoms with van der Waals surface area (Å²) >= 11 is 1.12. The van der Waals surface area contributed by atoms with Crippen molar-refractivity contribution in [2.45, 2.75) is 40.5 Å². The van der Waals surface area contributed by atoms with Crippen LogP contribution >= 0.6 is 11.8 Å². The number of methoxy groups -OCH3 is 1. The van der Waals surface area contributed by atoms with Gasteiger partial charge in [-0.3, -0.25) is 24.5 Å². The number of hydrogen-bond donors (Lipinski definition) is 2. The van der Waals surface area contributed by atoms with Crippen LogP contribution in [0.15, 0.2) is 136 Å². The Morgan fingerprint density at radius 1 is 0.918 bits per heavy atom. The van der Waals surface area contributed by atoms with Gasteiger partial charge in [-0.1, -0.05) is 91.0 Å². The van der Waals surface area contributed by atoms with E-state index in [0.29, 0.717) is 10.6 Å². The lowest BCUT2D eigenvalue weighted by Crippen LogP contribution is -2.58. The number of ether oxygens (including phenoxy) is 3. The summed E-state index contributed by atoms with van der Waals surface area (Å²) in [6, 6.07) is 35.3. The first kappa shape index (κ1) is 33.9. The van der Waals surface area contributed by atoms with Crippen molar-refractivity contribution in [3.8, 4) is 5.75 Å². The molecule has 0 aliphatic carbocycles. The van der Waals surface area contributed by atoms with Crippen LogP contribution in [-0.2, 0) is 15.1 Å². The highest BCUT2D eigenvalue weighted by Gasteiger charge is 2.67. The molecule has 2 heterocycles. The van der Waals surface area contributed by atoms with Crippen LogP contribution in [0.5, 0.6) is 5.75 Å². The summed E-state index contributed by atoms with van der Waals surface area (Å²) < 4.78 is 20.0. The third kappa shape index (κ3) is 6.19. The number of nitrogens with zero attached hydrogens (tertiary/aromatic N) is 2. The Morgan fingerprint density at radius 3 is 2.00 bits per heavy atom. The number of benzene rings is 4. The lowest BCUT2D eigenvalue weighted by Gasteiger charge is -2.37. The summed E-state index contributed by atoms with van der Waals surface area (Å²) in [7, 11) is 1.58. The number of aryl methyl sites for hydroxylation is 1. The summed E-state index contributed by atoms with van der Waals surface area (Å²) in [5.41, 5.74) is -2.37. The number of hydrogen-bond acceptors (Lipinski definition) is 9. The van der Waals surface area contributed by atoms with Crippen LogP contribution in [0.4, 0.5) is 0 Å². The molecular weight excluding hydrogens is 646 g/mol. The number of aliphatic hydroxyl groups excluding tert-OH is 1. The van der Waals surface area contributed by atoms with Crippen LogP contribution in [0.25, 0.3) is 0 Å². The van der Waals surface area contributed by atoms with Crippen LogP contribution in [0.2, 0.25) is 0 Å². The molecule has 12 heteroatoms. The van der Waals surface area contributed by atoms with Gasteiger partial charge in [-0.2, -0.15) is 0 Å². The molecule has 0 radical (unpaired) electrons. The predicted molar refractivity (Wildman–Crippen MR) is 185 cm³/mol. The van der Waals surface area contributed by atoms with Crippen molar-refractivity contribution in [2.75, 3.05) is 20.3 Å². The highest BCUT2D eigenvalue weighted by molar-refractivity contribution is 8.00. The molecule has 2 N–H and O–H groups in total. The van der Waals surface area contributed by atoms with Crippen LogP contribution in [0.3, 0.4) is 0 Å². The van der Waals surface area contributed by atoms with Gasteiger partial charge in [0.2, 0.25) is 0 Å². The zero-order chi connectivity index (χ0) is 34.6. The number of aliphatic hydroxyl groups is 1. The Balaban J connectivity index is 1.51. The van der Waals surface area contributed by atoms with E-state index in [9.17, 15) is 24.8 Å². The maximum Gasteiger partial charge on any atom is 0.330 e. The number of nitro groups is 1. The topological polar surface area (TPSA) is 146 Å². The number of aromatic amines is 1. The van der Waals surface area contributed by atoms with Gasteiger partial charge < -0.3 is 19.3 Å². The standard InChI is InChI=1S/C37H35N3O8S/c1-25-22-39(35(43)38-33(25)42)34-32(49-30-16-10-5-11-17-30)36(24-41,40(44)45)31(48-34)23-47-37(26-12-6-3-7-13-26,27-14-8-4-9-15-27)28-18-20-29(46-2)21-19-28/h3-22,31-32,34,41H,23-24H2,1-2H3,(H,38,42,43)/t31-,32+,34-,36-/m1/s1. The summed E-state index contributed by atoms with van der Waals surface area (Å²) in [6.07, 6.45) is -1.29. The molecule has 4 aromatic carbocycles. The maximum atomic E-state index is 13.3. The van der Waals surface area contributed by atoms with Crippen molar-refractivity contribution < 1.29 is 24.2 Å². The molecule has 6 rings (SSSR count). The lowest BCUT2D eigenvalue weighted by atomic mass is 9.80. The summed E-state index contributed by atoms with van der Waals surface area (Å²) in [5, 5.41) is 23.2. The van der Waals surface area contributed by atoms with Crippen molar-refractivity contribution in [1.29, 1.82) is 0 Å². The first-order valence-electron chi connectivity index (χ1n) is 15.6. The molecule has 11 nitrogen and oxygen atoms in total. The van der Waals surface area contributed by atoms with Crippen LogP contribution in [0, 0.1) is 17.0 Å². The molecule has 0 amide bonds. The van der Waals surface area contributed by atoms with E-state index in [2.05, 4.69) is 4.98 Å². The number of H-pyrrole nitrogens is 1. The minimum atomic E-state index is -2.15. The molecular formula is C37H35N3O8S. The number of thioether (sulfide) groups is 1. The number of rotatable bonds is 12. The molecule has 1 saturated heterocycles. The molecule has 0 saturated carbocycles. The maximum absolute atomic E-state index is 13.3. The summed E-state index contributed by atoms with van der Waals surface area (Å²) in [5.74, 6) is 0.635. The Morgan fingerprint density at radius 2 is 1.47 bits per heavy atom. The first-order chi connectivity index (χ1) is 23.7. The molecule has 1 aliphatic rings. The zero-order valence-electron chi connectivity index (χ0n) is 26.8. The molecule has 1 fully saturated rings. The molecule has 1 aromatic heterocycles. The van der Waals surface area contributed by atoms with Crippen LogP contribution in [0.1, 0.15) is 28.5 Å². The summed E-state index contributed by atoms with van der Waals surface area (Å²) in [6.45, 7) is 0.245. The normalized spacial score (nSPS) is 20.6. The fourth-order valence-corrected chi connectivity index (χ4v) is 7.79. The van der Waals surface area contributed by atoms with Crippen LogP contribution in [-0.4, -0.2) is 56.8 Å². The van der Waals surface area contributed by atoms with Gasteiger partial charge in [-0.05, 0) is 47.9 Å². The van der Waals surface area contributed by atoms with E-state index in [1.807, 2.05) is 91.0 Å². The third-order valence-corrected chi connectivity index (χ3v) is 10.4. The SMILES string of the molecule is COc1ccc(C(OC[C@H]2O[C@@H](n3cc(C)c(=O)[nH]c3=O)[C@H](Sc3ccccc3)[C@]2(CO)[N+](=O)[O-])(c2ccccc2)c2ccccc2)cc1. The van der Waals surface area contributed by atoms with Gasteiger partial charge >= 0.3 is 5.69 Å². The molecule has 1 aliphatic heterocycles. The minimum absolute atomic E-state index is 0.216. The molecule has 0 bridgehead atoms. The van der Waals surface area contributed by atoms with Crippen molar-refractivity contribution >= 4 is 11.8 Å². The Kier molecular flexibility index (Phi) is 9.84. The highest BCUT2D eigenvalue weighted by Crippen LogP contribution is 2.49. The predicted octanol–water partition coefficient (Wildman–Crippen LogP) is 4.93. The van der Waals surface area contributed by atoms with Crippen molar-refractivity contribution in [1.82, 2.24) is 9.55 Å². The van der Waals surface area contributed by atoms with E-state index in [0.717, 1.165) is 33.0 Å². The van der Waals surface area contributed by atoms with Gasteiger partial charge in [0, 0.05) is 21.6 Å². The number of aromatic nitrogens is 2. The van der Waals surface area contributed by atoms with E-state index < -0.39 is 51.5 Å². The minimum Gasteiger partial charge on any atom is -0.497 e. The number of nitrogens with one attached hydrogen (secondary N) is 1. The van der Waals surface area contributed by atoms with Crippen molar-refractivity contribution in [3.05, 3.63) is 175 Å². The highest BCUT2D eigenvalue weighted by atomic mass is 32.2.